The van der Waals surface area contributed by atoms with Crippen LogP contribution in [0.1, 0.15) is 46.5 Å². The summed E-state index contributed by atoms with van der Waals surface area (Å²) in [5.74, 6) is 2.29. The summed E-state index contributed by atoms with van der Waals surface area (Å²) in [7, 11) is 0. The lowest BCUT2D eigenvalue weighted by Crippen LogP contribution is -2.40. The molecule has 1 heterocycles. The van der Waals surface area contributed by atoms with Gasteiger partial charge in [-0.3, -0.25) is 0 Å². The summed E-state index contributed by atoms with van der Waals surface area (Å²) in [6.07, 6.45) is 7.34. The molecule has 0 saturated carbocycles. The van der Waals surface area contributed by atoms with Crippen LogP contribution in [-0.2, 0) is 4.74 Å². The van der Waals surface area contributed by atoms with E-state index in [1.807, 2.05) is 20.8 Å². The van der Waals surface area contributed by atoms with Crippen molar-refractivity contribution < 1.29 is 14.6 Å². The number of nitrogens with zero attached hydrogens (tertiary/aromatic N) is 1. The first-order chi connectivity index (χ1) is 8.33. The van der Waals surface area contributed by atoms with Crippen LogP contribution in [0.2, 0.25) is 0 Å². The second-order valence-corrected chi connectivity index (χ2v) is 5.73. The number of amides is 1. The van der Waals surface area contributed by atoms with Gasteiger partial charge in [0.2, 0.25) is 0 Å². The van der Waals surface area contributed by atoms with E-state index >= 15 is 0 Å². The Morgan fingerprint density at radius 1 is 1.61 bits per heavy atom. The Bertz CT molecular complexity index is 327. The molecule has 1 unspecified atom stereocenters. The lowest BCUT2D eigenvalue weighted by atomic mass is 10.1. The minimum atomic E-state index is -0.717. The van der Waals surface area contributed by atoms with Crippen LogP contribution >= 0.6 is 0 Å². The largest absolute Gasteiger partial charge is 0.444 e. The SMILES string of the molecule is C#CC(O)CC[C@H]1CCCN1C(=O)OC(C)(C)C. The van der Waals surface area contributed by atoms with Crippen molar-refractivity contribution in [1.29, 1.82) is 0 Å². The second-order valence-electron chi connectivity index (χ2n) is 5.73. The molecule has 1 saturated heterocycles. The minimum Gasteiger partial charge on any atom is -0.444 e. The van der Waals surface area contributed by atoms with Gasteiger partial charge < -0.3 is 14.7 Å². The fourth-order valence-electron chi connectivity index (χ4n) is 2.13. The topological polar surface area (TPSA) is 49.8 Å². The van der Waals surface area contributed by atoms with Gasteiger partial charge in [-0.25, -0.2) is 4.79 Å². The van der Waals surface area contributed by atoms with Crippen LogP contribution < -0.4 is 0 Å². The van der Waals surface area contributed by atoms with E-state index in [1.165, 1.54) is 0 Å². The zero-order valence-corrected chi connectivity index (χ0v) is 11.5. The van der Waals surface area contributed by atoms with Crippen molar-refractivity contribution in [2.75, 3.05) is 6.54 Å². The van der Waals surface area contributed by atoms with Crippen molar-refractivity contribution in [2.24, 2.45) is 0 Å². The number of carbonyl (C=O) groups is 1. The lowest BCUT2D eigenvalue weighted by molar-refractivity contribution is 0.0212. The molecule has 2 atom stereocenters. The van der Waals surface area contributed by atoms with Crippen molar-refractivity contribution in [3.63, 3.8) is 0 Å². The van der Waals surface area contributed by atoms with E-state index in [2.05, 4.69) is 5.92 Å². The van der Waals surface area contributed by atoms with Crippen LogP contribution in [0.4, 0.5) is 4.79 Å². The number of rotatable bonds is 3. The smallest absolute Gasteiger partial charge is 0.410 e. The van der Waals surface area contributed by atoms with E-state index in [-0.39, 0.29) is 12.1 Å². The van der Waals surface area contributed by atoms with Gasteiger partial charge in [-0.2, -0.15) is 0 Å². The molecule has 0 aromatic rings. The molecule has 1 amide bonds. The second kappa shape index (κ2) is 6.10. The summed E-state index contributed by atoms with van der Waals surface area (Å²) in [6.45, 7) is 6.31. The van der Waals surface area contributed by atoms with E-state index in [9.17, 15) is 9.90 Å². The van der Waals surface area contributed by atoms with Crippen LogP contribution in [-0.4, -0.2) is 40.4 Å². The molecule has 1 rings (SSSR count). The molecule has 4 heteroatoms. The van der Waals surface area contributed by atoms with E-state index < -0.39 is 11.7 Å². The monoisotopic (exact) mass is 253 g/mol. The van der Waals surface area contributed by atoms with Gasteiger partial charge in [-0.15, -0.1) is 6.42 Å². The number of likely N-dealkylation sites (tertiary alicyclic amines) is 1. The van der Waals surface area contributed by atoms with Gasteiger partial charge in [-0.05, 0) is 46.5 Å². The normalized spacial score (nSPS) is 21.5. The Hall–Kier alpha value is -1.21. The molecule has 102 valence electrons. The van der Waals surface area contributed by atoms with Crippen molar-refractivity contribution in [1.82, 2.24) is 4.90 Å². The molecular weight excluding hydrogens is 230 g/mol. The Morgan fingerprint density at radius 2 is 2.28 bits per heavy atom. The number of hydrogen-bond donors (Lipinski definition) is 1. The highest BCUT2D eigenvalue weighted by molar-refractivity contribution is 5.68. The highest BCUT2D eigenvalue weighted by atomic mass is 16.6. The van der Waals surface area contributed by atoms with Crippen molar-refractivity contribution >= 4 is 6.09 Å². The number of carbonyl (C=O) groups excluding carboxylic acids is 1. The van der Waals surface area contributed by atoms with Gasteiger partial charge in [0.05, 0.1) is 0 Å². The van der Waals surface area contributed by atoms with Gasteiger partial charge in [0.25, 0.3) is 0 Å². The Balaban J connectivity index is 2.49. The van der Waals surface area contributed by atoms with E-state index in [0.29, 0.717) is 6.42 Å². The maximum absolute atomic E-state index is 12.0. The molecule has 0 bridgehead atoms. The van der Waals surface area contributed by atoms with Gasteiger partial charge in [0, 0.05) is 12.6 Å². The van der Waals surface area contributed by atoms with Gasteiger partial charge >= 0.3 is 6.09 Å². The molecule has 0 radical (unpaired) electrons. The maximum Gasteiger partial charge on any atom is 0.410 e. The van der Waals surface area contributed by atoms with Crippen LogP contribution in [0.5, 0.6) is 0 Å². The summed E-state index contributed by atoms with van der Waals surface area (Å²) in [4.78, 5) is 13.7. The number of aliphatic hydroxyl groups excluding tert-OH is 1. The molecule has 4 nitrogen and oxygen atoms in total. The predicted octanol–water partition coefficient (Wildman–Crippen LogP) is 2.16. The van der Waals surface area contributed by atoms with E-state index in [1.54, 1.807) is 4.90 Å². The van der Waals surface area contributed by atoms with Crippen molar-refractivity contribution in [3.05, 3.63) is 0 Å². The lowest BCUT2D eigenvalue weighted by Gasteiger charge is -2.28. The average Bonchev–Trinajstić information content (AvgIpc) is 2.71. The highest BCUT2D eigenvalue weighted by Crippen LogP contribution is 2.24. The van der Waals surface area contributed by atoms with Gasteiger partial charge in [0.15, 0.2) is 0 Å². The average molecular weight is 253 g/mol. The third kappa shape index (κ3) is 4.58. The first-order valence-corrected chi connectivity index (χ1v) is 6.47. The number of ether oxygens (including phenoxy) is 1. The number of aliphatic hydroxyl groups is 1. The maximum atomic E-state index is 12.0. The zero-order chi connectivity index (χ0) is 13.8. The molecule has 1 fully saturated rings. The van der Waals surface area contributed by atoms with Crippen molar-refractivity contribution in [3.8, 4) is 12.3 Å². The molecule has 18 heavy (non-hydrogen) atoms. The van der Waals surface area contributed by atoms with Crippen LogP contribution in [0, 0.1) is 12.3 Å². The minimum absolute atomic E-state index is 0.142. The number of terminal acetylenes is 1. The standard InChI is InChI=1S/C14H23NO3/c1-5-12(16)9-8-11-7-6-10-15(11)13(17)18-14(2,3)4/h1,11-12,16H,6-10H2,2-4H3/t11-,12?/m1/s1. The first-order valence-electron chi connectivity index (χ1n) is 6.47. The van der Waals surface area contributed by atoms with Gasteiger partial charge in [0.1, 0.15) is 11.7 Å². The third-order valence-electron chi connectivity index (χ3n) is 2.97. The van der Waals surface area contributed by atoms with Crippen molar-refractivity contribution in [2.45, 2.75) is 64.2 Å². The van der Waals surface area contributed by atoms with E-state index in [4.69, 9.17) is 11.2 Å². The molecule has 1 aliphatic heterocycles. The molecule has 0 aromatic carbocycles. The fourth-order valence-corrected chi connectivity index (χ4v) is 2.13. The summed E-state index contributed by atoms with van der Waals surface area (Å²) >= 11 is 0. The third-order valence-corrected chi connectivity index (χ3v) is 2.97. The molecule has 0 aliphatic carbocycles. The summed E-state index contributed by atoms with van der Waals surface area (Å²) in [5.41, 5.74) is -0.470. The Labute approximate surface area is 109 Å². The predicted molar refractivity (Wildman–Crippen MR) is 70.0 cm³/mol. The van der Waals surface area contributed by atoms with Crippen LogP contribution in [0.15, 0.2) is 0 Å². The van der Waals surface area contributed by atoms with Gasteiger partial charge in [-0.1, -0.05) is 5.92 Å². The summed E-state index contributed by atoms with van der Waals surface area (Å²) in [6, 6.07) is 0.142. The Kier molecular flexibility index (Phi) is 5.03. The summed E-state index contributed by atoms with van der Waals surface area (Å²) < 4.78 is 5.37. The molecular formula is C14H23NO3. The fraction of sp³-hybridized carbons (Fsp3) is 0.786. The summed E-state index contributed by atoms with van der Waals surface area (Å²) in [5, 5.41) is 9.36. The quantitative estimate of drug-likeness (QED) is 0.784. The molecule has 1 aliphatic rings. The van der Waals surface area contributed by atoms with E-state index in [0.717, 1.165) is 25.8 Å². The molecule has 0 aromatic heterocycles. The highest BCUT2D eigenvalue weighted by Gasteiger charge is 2.31. The Morgan fingerprint density at radius 3 is 2.83 bits per heavy atom. The number of hydrogen-bond acceptors (Lipinski definition) is 3. The zero-order valence-electron chi connectivity index (χ0n) is 11.5. The first kappa shape index (κ1) is 14.8. The molecule has 0 spiro atoms. The van der Waals surface area contributed by atoms with Crippen LogP contribution in [0.3, 0.4) is 0 Å². The molecule has 1 N–H and O–H groups in total. The van der Waals surface area contributed by atoms with Crippen LogP contribution in [0.25, 0.3) is 0 Å².